The fourth-order valence-corrected chi connectivity index (χ4v) is 3.34. The molecule has 10 heteroatoms. The van der Waals surface area contributed by atoms with Crippen molar-refractivity contribution in [2.75, 3.05) is 53.1 Å². The number of nitrogens with one attached hydrogen (secondary N) is 2. The molecule has 0 unspecified atom stereocenters. The molecule has 0 atom stereocenters. The molecule has 1 fully saturated rings. The first-order valence-electron chi connectivity index (χ1n) is 10.8. The summed E-state index contributed by atoms with van der Waals surface area (Å²) in [4.78, 5) is 7.28. The van der Waals surface area contributed by atoms with Crippen molar-refractivity contribution in [1.82, 2.24) is 30.3 Å². The van der Waals surface area contributed by atoms with Crippen LogP contribution in [0.2, 0.25) is 0 Å². The fourth-order valence-electron chi connectivity index (χ4n) is 3.34. The van der Waals surface area contributed by atoms with Crippen LogP contribution in [-0.2, 0) is 23.1 Å². The fraction of sp³-hybridized carbons (Fsp3) is 0.850. The standard InChI is InChI=1S/C20H39N7O2.HI/c1-5-29-15-6-10-21-20(22-16-19-25-24-17(2)26(19)3)23-18-8-12-27(13-9-18)11-7-14-28-4;/h18H,5-16H2,1-4H3,(H2,21,22,23);1H. The van der Waals surface area contributed by atoms with E-state index in [1.807, 2.05) is 25.5 Å². The molecule has 174 valence electrons. The Bertz CT molecular complexity index is 604. The second-order valence-corrected chi connectivity index (χ2v) is 7.47. The van der Waals surface area contributed by atoms with Crippen LogP contribution in [-0.4, -0.2) is 84.8 Å². The summed E-state index contributed by atoms with van der Waals surface area (Å²) < 4.78 is 12.6. The molecule has 0 saturated carbocycles. The average molecular weight is 537 g/mol. The highest BCUT2D eigenvalue weighted by Crippen LogP contribution is 2.11. The Morgan fingerprint density at radius 1 is 1.20 bits per heavy atom. The zero-order chi connectivity index (χ0) is 20.9. The monoisotopic (exact) mass is 537 g/mol. The first-order valence-corrected chi connectivity index (χ1v) is 10.8. The lowest BCUT2D eigenvalue weighted by atomic mass is 10.1. The largest absolute Gasteiger partial charge is 0.385 e. The highest BCUT2D eigenvalue weighted by atomic mass is 127. The minimum Gasteiger partial charge on any atom is -0.385 e. The van der Waals surface area contributed by atoms with Gasteiger partial charge in [0.15, 0.2) is 11.8 Å². The van der Waals surface area contributed by atoms with Crippen LogP contribution in [0.1, 0.15) is 44.3 Å². The Morgan fingerprint density at radius 3 is 2.60 bits per heavy atom. The number of halogens is 1. The molecule has 1 saturated heterocycles. The smallest absolute Gasteiger partial charge is 0.191 e. The maximum atomic E-state index is 5.43. The summed E-state index contributed by atoms with van der Waals surface area (Å²) in [5, 5.41) is 15.4. The Morgan fingerprint density at radius 2 is 1.97 bits per heavy atom. The summed E-state index contributed by atoms with van der Waals surface area (Å²) in [6, 6.07) is 0.438. The molecule has 1 aromatic rings. The lowest BCUT2D eigenvalue weighted by molar-refractivity contribution is 0.145. The zero-order valence-electron chi connectivity index (χ0n) is 19.0. The van der Waals surface area contributed by atoms with Gasteiger partial charge in [-0.15, -0.1) is 34.2 Å². The number of aromatic nitrogens is 3. The van der Waals surface area contributed by atoms with E-state index in [4.69, 9.17) is 14.5 Å². The van der Waals surface area contributed by atoms with Crippen LogP contribution in [0.3, 0.4) is 0 Å². The number of rotatable bonds is 12. The van der Waals surface area contributed by atoms with Crippen molar-refractivity contribution in [3.63, 3.8) is 0 Å². The Kier molecular flexibility index (Phi) is 14.2. The van der Waals surface area contributed by atoms with E-state index in [2.05, 4.69) is 25.7 Å². The highest BCUT2D eigenvalue weighted by Gasteiger charge is 2.19. The van der Waals surface area contributed by atoms with Gasteiger partial charge in [0.2, 0.25) is 0 Å². The third-order valence-corrected chi connectivity index (χ3v) is 5.27. The summed E-state index contributed by atoms with van der Waals surface area (Å²) in [5.41, 5.74) is 0. The molecule has 0 bridgehead atoms. The van der Waals surface area contributed by atoms with Crippen molar-refractivity contribution < 1.29 is 9.47 Å². The van der Waals surface area contributed by atoms with Crippen molar-refractivity contribution in [1.29, 1.82) is 0 Å². The average Bonchev–Trinajstić information content (AvgIpc) is 3.05. The minimum absolute atomic E-state index is 0. The molecule has 0 radical (unpaired) electrons. The lowest BCUT2D eigenvalue weighted by Crippen LogP contribution is -2.49. The van der Waals surface area contributed by atoms with Crippen LogP contribution in [0.5, 0.6) is 0 Å². The van der Waals surface area contributed by atoms with Gasteiger partial charge in [0, 0.05) is 66.2 Å². The molecule has 0 amide bonds. The summed E-state index contributed by atoms with van der Waals surface area (Å²) >= 11 is 0. The first-order chi connectivity index (χ1) is 14.1. The van der Waals surface area contributed by atoms with E-state index >= 15 is 0 Å². The second kappa shape index (κ2) is 15.8. The van der Waals surface area contributed by atoms with Gasteiger partial charge in [-0.1, -0.05) is 0 Å². The van der Waals surface area contributed by atoms with Crippen molar-refractivity contribution >= 4 is 29.9 Å². The van der Waals surface area contributed by atoms with E-state index in [9.17, 15) is 0 Å². The number of guanidine groups is 1. The van der Waals surface area contributed by atoms with E-state index in [0.29, 0.717) is 12.6 Å². The van der Waals surface area contributed by atoms with Crippen LogP contribution in [0.4, 0.5) is 0 Å². The van der Waals surface area contributed by atoms with Gasteiger partial charge in [-0.05, 0) is 39.5 Å². The van der Waals surface area contributed by atoms with Gasteiger partial charge in [0.1, 0.15) is 12.4 Å². The predicted octanol–water partition coefficient (Wildman–Crippen LogP) is 1.70. The Balaban J connectivity index is 0.00000450. The maximum Gasteiger partial charge on any atom is 0.191 e. The Hall–Kier alpha value is -0.980. The van der Waals surface area contributed by atoms with Crippen LogP contribution in [0.15, 0.2) is 4.99 Å². The topological polar surface area (TPSA) is 88.8 Å². The lowest BCUT2D eigenvalue weighted by Gasteiger charge is -2.33. The van der Waals surface area contributed by atoms with Gasteiger partial charge >= 0.3 is 0 Å². The summed E-state index contributed by atoms with van der Waals surface area (Å²) in [6.45, 7) is 11.0. The SMILES string of the molecule is CCOCCCNC(=NCc1nnc(C)n1C)NC1CCN(CCCOC)CC1.I. The number of piperidine rings is 1. The molecular formula is C20H40IN7O2. The van der Waals surface area contributed by atoms with Gasteiger partial charge in [-0.3, -0.25) is 0 Å². The molecule has 1 aliphatic rings. The molecule has 2 heterocycles. The molecule has 2 N–H and O–H groups in total. The van der Waals surface area contributed by atoms with Crippen molar-refractivity contribution in [2.24, 2.45) is 12.0 Å². The molecule has 0 aromatic carbocycles. The number of methoxy groups -OCH3 is 1. The van der Waals surface area contributed by atoms with Gasteiger partial charge in [0.25, 0.3) is 0 Å². The normalized spacial score (nSPS) is 15.8. The van der Waals surface area contributed by atoms with Gasteiger partial charge in [0.05, 0.1) is 0 Å². The molecule has 0 aliphatic carbocycles. The second-order valence-electron chi connectivity index (χ2n) is 7.47. The number of likely N-dealkylation sites (tertiary alicyclic amines) is 1. The van der Waals surface area contributed by atoms with Gasteiger partial charge in [-0.25, -0.2) is 4.99 Å². The van der Waals surface area contributed by atoms with E-state index < -0.39 is 0 Å². The molecule has 9 nitrogen and oxygen atoms in total. The predicted molar refractivity (Wildman–Crippen MR) is 130 cm³/mol. The van der Waals surface area contributed by atoms with E-state index in [0.717, 1.165) is 89.3 Å². The third-order valence-electron chi connectivity index (χ3n) is 5.27. The van der Waals surface area contributed by atoms with Crippen LogP contribution in [0, 0.1) is 6.92 Å². The van der Waals surface area contributed by atoms with Crippen LogP contribution >= 0.6 is 24.0 Å². The van der Waals surface area contributed by atoms with E-state index in [-0.39, 0.29) is 24.0 Å². The quantitative estimate of drug-likeness (QED) is 0.182. The van der Waals surface area contributed by atoms with Gasteiger partial charge < -0.3 is 29.6 Å². The number of hydrogen-bond donors (Lipinski definition) is 2. The Labute approximate surface area is 198 Å². The first kappa shape index (κ1) is 27.1. The number of aryl methyl sites for hydroxylation is 1. The highest BCUT2D eigenvalue weighted by molar-refractivity contribution is 14.0. The molecule has 1 aliphatic heterocycles. The van der Waals surface area contributed by atoms with Crippen molar-refractivity contribution in [2.45, 2.75) is 52.1 Å². The molecule has 0 spiro atoms. The number of aliphatic imine (C=N–C) groups is 1. The van der Waals surface area contributed by atoms with E-state index in [1.165, 1.54) is 0 Å². The molecule has 2 rings (SSSR count). The van der Waals surface area contributed by atoms with Crippen molar-refractivity contribution in [3.8, 4) is 0 Å². The summed E-state index contributed by atoms with van der Waals surface area (Å²) in [6.07, 6.45) is 4.29. The number of hydrogen-bond acceptors (Lipinski definition) is 6. The molecule has 30 heavy (non-hydrogen) atoms. The summed E-state index contributed by atoms with van der Waals surface area (Å²) in [7, 11) is 3.74. The zero-order valence-corrected chi connectivity index (χ0v) is 21.4. The number of ether oxygens (including phenoxy) is 2. The van der Waals surface area contributed by atoms with Gasteiger partial charge in [-0.2, -0.15) is 0 Å². The van der Waals surface area contributed by atoms with Crippen LogP contribution < -0.4 is 10.6 Å². The molecular weight excluding hydrogens is 497 g/mol. The van der Waals surface area contributed by atoms with Crippen molar-refractivity contribution in [3.05, 3.63) is 11.6 Å². The number of nitrogens with zero attached hydrogens (tertiary/aromatic N) is 5. The third kappa shape index (κ3) is 9.88. The van der Waals surface area contributed by atoms with Crippen LogP contribution in [0.25, 0.3) is 0 Å². The molecule has 1 aromatic heterocycles. The minimum atomic E-state index is 0. The maximum absolute atomic E-state index is 5.43. The summed E-state index contributed by atoms with van der Waals surface area (Å²) in [5.74, 6) is 2.61. The van der Waals surface area contributed by atoms with E-state index in [1.54, 1.807) is 7.11 Å².